The summed E-state index contributed by atoms with van der Waals surface area (Å²) in [6, 6.07) is 21.2. The Hall–Kier alpha value is -5.64. The van der Waals surface area contributed by atoms with Crippen LogP contribution in [0, 0.1) is 23.7 Å². The van der Waals surface area contributed by atoms with Crippen LogP contribution in [0.5, 0.6) is 10.4 Å². The molecule has 8 aromatic rings. The van der Waals surface area contributed by atoms with Crippen LogP contribution in [-0.4, -0.2) is 125 Å². The molecule has 26 heteroatoms. The van der Waals surface area contributed by atoms with E-state index in [0.29, 0.717) is 45.8 Å². The molecule has 2 saturated carbocycles. The molecule has 2 aromatic carbocycles. The van der Waals surface area contributed by atoms with Gasteiger partial charge in [-0.15, -0.1) is 0 Å². The summed E-state index contributed by atoms with van der Waals surface area (Å²) in [6.45, 7) is 11.9. The number of halogens is 1. The molecule has 4 aliphatic rings. The van der Waals surface area contributed by atoms with Crippen LogP contribution in [0.2, 0.25) is 0 Å². The maximum atomic E-state index is 11.8. The molecule has 80 heavy (non-hydrogen) atoms. The second kappa shape index (κ2) is 24.4. The molecular weight excluding hydrogens is 1170 g/mol. The minimum Gasteiger partial charge on any atom is -0.466 e. The number of hydrogen-bond acceptors (Lipinski definition) is 22. The van der Waals surface area contributed by atoms with Gasteiger partial charge in [-0.1, -0.05) is 84.9 Å². The van der Waals surface area contributed by atoms with Crippen LogP contribution in [0.4, 0.5) is 12.0 Å². The molecule has 8 heterocycles. The van der Waals surface area contributed by atoms with E-state index < -0.39 is 26.8 Å². The predicted molar refractivity (Wildman–Crippen MR) is 311 cm³/mol. The molecule has 2 unspecified atom stereocenters. The fourth-order valence-corrected chi connectivity index (χ4v) is 13.2. The van der Waals surface area contributed by atoms with Gasteiger partial charge in [-0.3, -0.25) is 0 Å². The number of ether oxygens (including phenoxy) is 2. The Morgan fingerprint density at radius 3 is 1.38 bits per heavy atom. The van der Waals surface area contributed by atoms with Crippen LogP contribution in [0.15, 0.2) is 96.2 Å². The molecule has 0 spiro atoms. The van der Waals surface area contributed by atoms with Gasteiger partial charge < -0.3 is 38.4 Å². The third-order valence-electron chi connectivity index (χ3n) is 14.7. The maximum absolute atomic E-state index is 11.8. The molecule has 2 aliphatic heterocycles. The summed E-state index contributed by atoms with van der Waals surface area (Å²) in [5.74, 6) is 4.25. The number of rotatable bonds is 16. The Balaban J connectivity index is 0.000000151. The van der Waals surface area contributed by atoms with Crippen LogP contribution < -0.4 is 24.7 Å². The number of fused-ring (bicyclic) bond motifs is 2. The molecule has 0 amide bonds. The zero-order chi connectivity index (χ0) is 56.5. The lowest BCUT2D eigenvalue weighted by atomic mass is 9.81. The van der Waals surface area contributed by atoms with Crippen molar-refractivity contribution >= 4 is 104 Å². The highest BCUT2D eigenvalue weighted by atomic mass is 79.9. The lowest BCUT2D eigenvalue weighted by molar-refractivity contribution is 0.0954. The third kappa shape index (κ3) is 14.3. The number of piperidine rings is 2. The minimum absolute atomic E-state index is 0.148. The Bertz CT molecular complexity index is 3610. The molecule has 4 fully saturated rings. The predicted octanol–water partition coefficient (Wildman–Crippen LogP) is 9.15. The Kier molecular flexibility index (Phi) is 17.6. The van der Waals surface area contributed by atoms with E-state index in [4.69, 9.17) is 38.5 Å². The fourth-order valence-electron chi connectivity index (χ4n) is 9.85. The number of benzene rings is 2. The lowest BCUT2D eigenvalue weighted by Crippen LogP contribution is -2.40. The van der Waals surface area contributed by atoms with Gasteiger partial charge in [0.05, 0.1) is 15.5 Å². The Morgan fingerprint density at radius 2 is 0.975 bits per heavy atom. The smallest absolute Gasteiger partial charge is 0.466 e. The average molecular weight is 1230 g/mol. The van der Waals surface area contributed by atoms with Gasteiger partial charge in [0.15, 0.2) is 31.3 Å². The molecular formula is C54H64BBrN10O10S4. The van der Waals surface area contributed by atoms with Crippen LogP contribution in [0.25, 0.3) is 32.0 Å². The van der Waals surface area contributed by atoms with Crippen molar-refractivity contribution in [2.24, 2.45) is 23.7 Å². The summed E-state index contributed by atoms with van der Waals surface area (Å²) >= 11 is 6.43. The van der Waals surface area contributed by atoms with Crippen molar-refractivity contribution in [3.63, 3.8) is 0 Å². The van der Waals surface area contributed by atoms with Crippen molar-refractivity contribution in [2.45, 2.75) is 113 Å². The van der Waals surface area contributed by atoms with Crippen molar-refractivity contribution in [2.75, 3.05) is 48.5 Å². The summed E-state index contributed by atoms with van der Waals surface area (Å²) < 4.78 is 70.4. The second-order valence-corrected chi connectivity index (χ2v) is 28.3. The zero-order valence-electron chi connectivity index (χ0n) is 45.3. The molecule has 2 aliphatic carbocycles. The number of pyridine rings is 2. The molecule has 20 nitrogen and oxygen atoms in total. The monoisotopic (exact) mass is 1230 g/mol. The number of hydrogen-bond donors (Lipinski definition) is 2. The van der Waals surface area contributed by atoms with Crippen molar-refractivity contribution < 1.29 is 45.4 Å². The second-order valence-electron chi connectivity index (χ2n) is 21.6. The van der Waals surface area contributed by atoms with Gasteiger partial charge in [-0.05, 0) is 145 Å². The van der Waals surface area contributed by atoms with Crippen LogP contribution >= 0.6 is 38.6 Å². The number of nitrogens with zero attached hydrogens (tertiary/aromatic N) is 10. The molecule has 2 atom stereocenters. The van der Waals surface area contributed by atoms with Gasteiger partial charge in [0, 0.05) is 56.1 Å². The van der Waals surface area contributed by atoms with E-state index in [1.165, 1.54) is 78.9 Å². The Labute approximate surface area is 481 Å². The van der Waals surface area contributed by atoms with E-state index >= 15 is 0 Å². The van der Waals surface area contributed by atoms with Gasteiger partial charge in [0.2, 0.25) is 0 Å². The SMILES string of the molecule is CC(C)c1noc(N2CCC(C(Oc3nc4ccc(-c5ccc(S(C)(=O)=O)cc5)nc4s3)C3CC3)CC2)n1.CC(C)c1noc(N2CCC(C(Oc3nc4ccc(Br)nc4s3)C3CC3)CC2)n1.CS(=O)(=O)c1ccc(B(O)O)cc1. The van der Waals surface area contributed by atoms with Crippen molar-refractivity contribution in [1.82, 2.24) is 40.2 Å². The molecule has 2 saturated heterocycles. The first-order valence-corrected chi connectivity index (χ1v) is 33.1. The number of aromatic nitrogens is 8. The van der Waals surface area contributed by atoms with Crippen LogP contribution in [-0.2, 0) is 19.7 Å². The van der Waals surface area contributed by atoms with Crippen LogP contribution in [0.1, 0.15) is 103 Å². The van der Waals surface area contributed by atoms with E-state index in [0.717, 1.165) is 112 Å². The van der Waals surface area contributed by atoms with E-state index in [1.807, 2.05) is 24.3 Å². The van der Waals surface area contributed by atoms with Gasteiger partial charge in [-0.25, -0.2) is 36.8 Å². The third-order valence-corrected chi connectivity index (χ3v) is 19.1. The quantitative estimate of drug-likeness (QED) is 0.0674. The van der Waals surface area contributed by atoms with Gasteiger partial charge in [0.1, 0.15) is 37.5 Å². The first-order chi connectivity index (χ1) is 38.2. The van der Waals surface area contributed by atoms with E-state index in [-0.39, 0.29) is 34.4 Å². The van der Waals surface area contributed by atoms with E-state index in [1.54, 1.807) is 24.3 Å². The molecule has 0 bridgehead atoms. The van der Waals surface area contributed by atoms with E-state index in [2.05, 4.69) is 83.7 Å². The molecule has 0 radical (unpaired) electrons. The highest BCUT2D eigenvalue weighted by molar-refractivity contribution is 9.10. The molecule has 2 N–H and O–H groups in total. The number of thiazole rings is 2. The van der Waals surface area contributed by atoms with Crippen molar-refractivity contribution in [3.8, 4) is 21.6 Å². The van der Waals surface area contributed by atoms with Gasteiger partial charge in [0.25, 0.3) is 10.4 Å². The number of anilines is 2. The molecule has 6 aromatic heterocycles. The molecule has 424 valence electrons. The van der Waals surface area contributed by atoms with Crippen LogP contribution in [0.3, 0.4) is 0 Å². The molecule has 12 rings (SSSR count). The van der Waals surface area contributed by atoms with Crippen molar-refractivity contribution in [1.29, 1.82) is 0 Å². The zero-order valence-corrected chi connectivity index (χ0v) is 50.1. The minimum atomic E-state index is -3.23. The summed E-state index contributed by atoms with van der Waals surface area (Å²) in [7, 11) is -8.00. The Morgan fingerprint density at radius 1 is 0.562 bits per heavy atom. The summed E-state index contributed by atoms with van der Waals surface area (Å²) in [4.78, 5) is 34.4. The van der Waals surface area contributed by atoms with Gasteiger partial charge in [-0.2, -0.15) is 9.97 Å². The average Bonchev–Trinajstić information content (AvgIpc) is 4.25. The lowest BCUT2D eigenvalue weighted by Gasteiger charge is -2.34. The number of sulfone groups is 2. The highest BCUT2D eigenvalue weighted by Crippen LogP contribution is 2.44. The first-order valence-electron chi connectivity index (χ1n) is 26.9. The topological polar surface area (TPSA) is 263 Å². The highest BCUT2D eigenvalue weighted by Gasteiger charge is 2.42. The summed E-state index contributed by atoms with van der Waals surface area (Å²) in [5.41, 5.74) is 3.62. The largest absolute Gasteiger partial charge is 0.488 e. The normalized spacial score (nSPS) is 17.3. The van der Waals surface area contributed by atoms with E-state index in [9.17, 15) is 16.8 Å². The first kappa shape index (κ1) is 57.6. The standard InChI is InChI=1S/C27H31N5O4S2.C20H24BrN5O2S.C7H9BO4S/c1-16(2)24-30-26(36-31-24)32-14-12-19(13-15-32)23(18-4-5-18)35-27-29-22-11-10-21(28-25(22)37-27)17-6-8-20(9-7-17)38(3,33)34;1-11(2)17-24-19(28-25-17)26-9-7-13(8-10-26)16(12-3-4-12)27-20-22-14-5-6-15(21)23-18(14)29-20;1-13(11,12)7-4-2-6(3-5-7)8(9)10/h6-11,16,18-19,23H,4-5,12-15H2,1-3H3;5-6,11-13,16H,3-4,7-10H2,1-2H3;2-5,9-10H,1H3. The summed E-state index contributed by atoms with van der Waals surface area (Å²) in [6.07, 6.45) is 11.7. The van der Waals surface area contributed by atoms with Gasteiger partial charge >= 0.3 is 19.1 Å². The fraction of sp³-hybridized carbons (Fsp3) is 0.481. The summed E-state index contributed by atoms with van der Waals surface area (Å²) in [5, 5.41) is 27.1. The maximum Gasteiger partial charge on any atom is 0.488 e. The van der Waals surface area contributed by atoms with Crippen molar-refractivity contribution in [3.05, 3.63) is 89.0 Å².